The van der Waals surface area contributed by atoms with Crippen molar-refractivity contribution in [2.45, 2.75) is 16.9 Å². The highest BCUT2D eigenvalue weighted by Crippen LogP contribution is 2.66. The van der Waals surface area contributed by atoms with Gasteiger partial charge in [-0.15, -0.1) is 0 Å². The van der Waals surface area contributed by atoms with E-state index in [0.717, 1.165) is 22.4 Å². The molecule has 1 amide bonds. The first-order chi connectivity index (χ1) is 14.6. The summed E-state index contributed by atoms with van der Waals surface area (Å²) in [5.74, 6) is -0.251. The molecule has 0 aromatic heterocycles. The Kier molecular flexibility index (Phi) is 3.37. The molecule has 3 heterocycles. The molecule has 1 fully saturated rings. The number of hydrogen-bond donors (Lipinski definition) is 1. The number of hydrogen-bond acceptors (Lipinski definition) is 4. The molecule has 1 N–H and O–H groups in total. The van der Waals surface area contributed by atoms with Gasteiger partial charge in [-0.2, -0.15) is 0 Å². The van der Waals surface area contributed by atoms with E-state index in [1.807, 2.05) is 90.8 Å². The van der Waals surface area contributed by atoms with Gasteiger partial charge in [-0.3, -0.25) is 14.5 Å². The van der Waals surface area contributed by atoms with Crippen LogP contribution in [-0.4, -0.2) is 30.4 Å². The highest BCUT2D eigenvalue weighted by Gasteiger charge is 2.77. The molecule has 3 aromatic carbocycles. The van der Waals surface area contributed by atoms with E-state index in [2.05, 4.69) is 5.32 Å². The van der Waals surface area contributed by atoms with Crippen LogP contribution in [0.2, 0.25) is 0 Å². The molecular formula is C25H20N2O3. The van der Waals surface area contributed by atoms with Gasteiger partial charge in [0.25, 0.3) is 5.91 Å². The monoisotopic (exact) mass is 396 g/mol. The van der Waals surface area contributed by atoms with Crippen molar-refractivity contribution < 1.29 is 14.3 Å². The zero-order valence-electron chi connectivity index (χ0n) is 16.5. The highest BCUT2D eigenvalue weighted by molar-refractivity contribution is 6.13. The van der Waals surface area contributed by atoms with Crippen molar-refractivity contribution in [3.05, 3.63) is 95.6 Å². The number of esters is 1. The van der Waals surface area contributed by atoms with Crippen molar-refractivity contribution in [3.63, 3.8) is 0 Å². The van der Waals surface area contributed by atoms with Crippen molar-refractivity contribution in [1.29, 1.82) is 0 Å². The highest BCUT2D eigenvalue weighted by atomic mass is 16.5. The summed E-state index contributed by atoms with van der Waals surface area (Å²) in [4.78, 5) is 29.7. The minimum atomic E-state index is -1.19. The lowest BCUT2D eigenvalue weighted by molar-refractivity contribution is -0.147. The van der Waals surface area contributed by atoms with E-state index in [1.165, 1.54) is 0 Å². The molecule has 3 aliphatic rings. The summed E-state index contributed by atoms with van der Waals surface area (Å²) in [6.45, 7) is 0.551. The molecular weight excluding hydrogens is 376 g/mol. The smallest absolute Gasteiger partial charge is 0.325 e. The second kappa shape index (κ2) is 5.80. The fourth-order valence-corrected chi connectivity index (χ4v) is 6.00. The molecule has 0 bridgehead atoms. The molecule has 0 radical (unpaired) electrons. The molecule has 3 atom stereocenters. The molecule has 0 saturated carbocycles. The Bertz CT molecular complexity index is 1210. The van der Waals surface area contributed by atoms with Crippen LogP contribution in [0.4, 0.5) is 5.69 Å². The number of para-hydroxylation sites is 2. The van der Waals surface area contributed by atoms with Crippen molar-refractivity contribution in [1.82, 2.24) is 4.90 Å². The van der Waals surface area contributed by atoms with E-state index in [1.54, 1.807) is 0 Å². The maximum absolute atomic E-state index is 13.9. The number of rotatable bonds is 1. The molecule has 0 unspecified atom stereocenters. The van der Waals surface area contributed by atoms with E-state index in [4.69, 9.17) is 4.74 Å². The van der Waals surface area contributed by atoms with Gasteiger partial charge in [0, 0.05) is 29.3 Å². The number of nitrogens with one attached hydrogen (secondary N) is 1. The Hall–Kier alpha value is -3.44. The number of benzene rings is 3. The van der Waals surface area contributed by atoms with Crippen LogP contribution in [-0.2, 0) is 20.5 Å². The van der Waals surface area contributed by atoms with E-state index in [-0.39, 0.29) is 17.8 Å². The lowest BCUT2D eigenvalue weighted by Crippen LogP contribution is -2.60. The minimum Gasteiger partial charge on any atom is -0.425 e. The Morgan fingerprint density at radius 3 is 2.37 bits per heavy atom. The van der Waals surface area contributed by atoms with Gasteiger partial charge in [-0.25, -0.2) is 0 Å². The zero-order chi connectivity index (χ0) is 20.5. The number of nitrogens with zero attached hydrogens (tertiary/aromatic N) is 1. The predicted molar refractivity (Wildman–Crippen MR) is 112 cm³/mol. The number of carbonyl (C=O) groups is 2. The zero-order valence-corrected chi connectivity index (χ0v) is 16.5. The van der Waals surface area contributed by atoms with E-state index in [0.29, 0.717) is 12.3 Å². The average molecular weight is 396 g/mol. The Morgan fingerprint density at radius 1 is 0.900 bits per heavy atom. The summed E-state index contributed by atoms with van der Waals surface area (Å²) in [7, 11) is 1.93. The summed E-state index contributed by atoms with van der Waals surface area (Å²) in [6, 6.07) is 25.2. The van der Waals surface area contributed by atoms with Gasteiger partial charge in [0.2, 0.25) is 0 Å². The topological polar surface area (TPSA) is 58.6 Å². The maximum atomic E-state index is 13.9. The van der Waals surface area contributed by atoms with E-state index < -0.39 is 11.0 Å². The van der Waals surface area contributed by atoms with Crippen molar-refractivity contribution in [2.24, 2.45) is 0 Å². The average Bonchev–Trinajstić information content (AvgIpc) is 3.34. The normalized spacial score (nSPS) is 29.2. The lowest BCUT2D eigenvalue weighted by atomic mass is 9.58. The van der Waals surface area contributed by atoms with Crippen LogP contribution < -0.4 is 10.1 Å². The van der Waals surface area contributed by atoms with Crippen LogP contribution in [0.25, 0.3) is 0 Å². The van der Waals surface area contributed by atoms with Crippen molar-refractivity contribution >= 4 is 17.6 Å². The van der Waals surface area contributed by atoms with Gasteiger partial charge in [0.15, 0.2) is 0 Å². The molecule has 6 rings (SSSR count). The van der Waals surface area contributed by atoms with E-state index in [9.17, 15) is 9.59 Å². The fourth-order valence-electron chi connectivity index (χ4n) is 6.00. The standard InChI is InChI=1S/C25H20N2O3/c1-27-15-19(16-9-3-2-4-10-16)24(18-12-6-8-14-21(18)30-23(24)29)25(27)17-11-5-7-13-20(17)26-22(25)28/h2-14,19H,15H2,1H3,(H,26,28)/t19-,24+,25+/m0/s1. The quantitative estimate of drug-likeness (QED) is 0.506. The van der Waals surface area contributed by atoms with Gasteiger partial charge in [-0.1, -0.05) is 66.7 Å². The number of ether oxygens (including phenoxy) is 1. The number of likely N-dealkylation sites (tertiary alicyclic amines) is 1. The number of amides is 1. The summed E-state index contributed by atoms with van der Waals surface area (Å²) < 4.78 is 5.85. The number of fused-ring (bicyclic) bond motifs is 5. The molecule has 3 aliphatic heterocycles. The molecule has 0 aliphatic carbocycles. The molecule has 30 heavy (non-hydrogen) atoms. The number of carbonyl (C=O) groups excluding carboxylic acids is 2. The molecule has 1 saturated heterocycles. The van der Waals surface area contributed by atoms with Crippen LogP contribution in [0, 0.1) is 0 Å². The van der Waals surface area contributed by atoms with Crippen LogP contribution in [0.15, 0.2) is 78.9 Å². The lowest BCUT2D eigenvalue weighted by Gasteiger charge is -2.42. The second-order valence-corrected chi connectivity index (χ2v) is 8.25. The molecule has 2 spiro atoms. The third-order valence-corrected chi connectivity index (χ3v) is 7.05. The number of anilines is 1. The Balaban J connectivity index is 1.75. The minimum absolute atomic E-state index is 0.182. The van der Waals surface area contributed by atoms with Gasteiger partial charge in [0.05, 0.1) is 0 Å². The molecule has 148 valence electrons. The largest absolute Gasteiger partial charge is 0.425 e. The first-order valence-electron chi connectivity index (χ1n) is 10.1. The van der Waals surface area contributed by atoms with Crippen molar-refractivity contribution in [3.8, 4) is 5.75 Å². The maximum Gasteiger partial charge on any atom is 0.325 e. The fraction of sp³-hybridized carbons (Fsp3) is 0.200. The van der Waals surface area contributed by atoms with Crippen molar-refractivity contribution in [2.75, 3.05) is 18.9 Å². The first kappa shape index (κ1) is 17.4. The SMILES string of the molecule is CN1C[C@@H](c2ccccc2)[C@]2(C(=O)Oc3ccccc32)[C@@]12C(=O)Nc1ccccc12. The van der Waals surface area contributed by atoms with Gasteiger partial charge >= 0.3 is 5.97 Å². The van der Waals surface area contributed by atoms with Gasteiger partial charge in [0.1, 0.15) is 16.7 Å². The summed E-state index contributed by atoms with van der Waals surface area (Å²) in [5.41, 5.74) is 1.00. The first-order valence-corrected chi connectivity index (χ1v) is 10.1. The predicted octanol–water partition coefficient (Wildman–Crippen LogP) is 3.42. The molecule has 5 heteroatoms. The summed E-state index contributed by atoms with van der Waals surface area (Å²) >= 11 is 0. The summed E-state index contributed by atoms with van der Waals surface area (Å²) in [6.07, 6.45) is 0. The second-order valence-electron chi connectivity index (χ2n) is 8.25. The Labute approximate surface area is 174 Å². The Morgan fingerprint density at radius 2 is 1.57 bits per heavy atom. The molecule has 3 aromatic rings. The van der Waals surface area contributed by atoms with Crippen LogP contribution in [0.3, 0.4) is 0 Å². The van der Waals surface area contributed by atoms with E-state index >= 15 is 0 Å². The molecule has 5 nitrogen and oxygen atoms in total. The van der Waals surface area contributed by atoms with Gasteiger partial charge in [-0.05, 0) is 24.7 Å². The summed E-state index contributed by atoms with van der Waals surface area (Å²) in [5, 5.41) is 3.05. The van der Waals surface area contributed by atoms with Crippen LogP contribution >= 0.6 is 0 Å². The van der Waals surface area contributed by atoms with Gasteiger partial charge < -0.3 is 10.1 Å². The third-order valence-electron chi connectivity index (χ3n) is 7.05. The van der Waals surface area contributed by atoms with Crippen LogP contribution in [0.1, 0.15) is 22.6 Å². The third kappa shape index (κ3) is 1.78. The van der Waals surface area contributed by atoms with Crippen LogP contribution in [0.5, 0.6) is 5.75 Å². The number of likely N-dealkylation sites (N-methyl/N-ethyl adjacent to an activating group) is 1.